The van der Waals surface area contributed by atoms with Crippen molar-refractivity contribution in [1.82, 2.24) is 3.11 Å². The third kappa shape index (κ3) is 5.33. The zero-order chi connectivity index (χ0) is 18.6. The Kier molecular flexibility index (Phi) is 6.28. The van der Waals surface area contributed by atoms with Crippen LogP contribution in [0.5, 0.6) is 0 Å². The number of carbonyl (C=O) groups is 1. The Bertz CT molecular complexity index is 763. The SMILES string of the molecule is CNc1cc(C(=O)Nc2cccc(C(F)(F)F)c2)ccc1CN(C)I. The summed E-state index contributed by atoms with van der Waals surface area (Å²) in [5.74, 6) is -0.467. The molecule has 4 nitrogen and oxygen atoms in total. The van der Waals surface area contributed by atoms with E-state index in [9.17, 15) is 18.0 Å². The number of benzene rings is 2. The van der Waals surface area contributed by atoms with Gasteiger partial charge in [0, 0.05) is 53.4 Å². The van der Waals surface area contributed by atoms with Gasteiger partial charge in [-0.2, -0.15) is 13.2 Å². The summed E-state index contributed by atoms with van der Waals surface area (Å²) < 4.78 is 40.2. The van der Waals surface area contributed by atoms with Gasteiger partial charge in [0.25, 0.3) is 5.91 Å². The molecule has 2 aromatic carbocycles. The highest BCUT2D eigenvalue weighted by molar-refractivity contribution is 14.1. The highest BCUT2D eigenvalue weighted by Gasteiger charge is 2.30. The molecule has 1 amide bonds. The molecule has 0 spiro atoms. The van der Waals surface area contributed by atoms with Crippen LogP contribution in [0.3, 0.4) is 0 Å². The molecule has 0 saturated carbocycles. The smallest absolute Gasteiger partial charge is 0.388 e. The Morgan fingerprint density at radius 3 is 2.52 bits per heavy atom. The number of rotatable bonds is 5. The van der Waals surface area contributed by atoms with E-state index in [1.54, 1.807) is 19.2 Å². The Balaban J connectivity index is 2.21. The summed E-state index contributed by atoms with van der Waals surface area (Å²) in [5, 5.41) is 5.53. The Morgan fingerprint density at radius 2 is 1.92 bits per heavy atom. The van der Waals surface area contributed by atoms with Gasteiger partial charge >= 0.3 is 6.18 Å². The predicted octanol–water partition coefficient (Wildman–Crippen LogP) is 4.78. The van der Waals surface area contributed by atoms with E-state index in [2.05, 4.69) is 33.5 Å². The van der Waals surface area contributed by atoms with Gasteiger partial charge < -0.3 is 10.6 Å². The van der Waals surface area contributed by atoms with Crippen LogP contribution in [0.15, 0.2) is 42.5 Å². The van der Waals surface area contributed by atoms with Crippen molar-refractivity contribution in [2.75, 3.05) is 24.7 Å². The van der Waals surface area contributed by atoms with Crippen LogP contribution in [0.4, 0.5) is 24.5 Å². The van der Waals surface area contributed by atoms with Crippen molar-refractivity contribution in [2.45, 2.75) is 12.7 Å². The lowest BCUT2D eigenvalue weighted by Crippen LogP contribution is -2.14. The van der Waals surface area contributed by atoms with Crippen LogP contribution in [0.1, 0.15) is 21.5 Å². The fourth-order valence-corrected chi connectivity index (χ4v) is 2.67. The van der Waals surface area contributed by atoms with Crippen LogP contribution >= 0.6 is 22.9 Å². The largest absolute Gasteiger partial charge is 0.416 e. The van der Waals surface area contributed by atoms with Gasteiger partial charge in [-0.1, -0.05) is 12.1 Å². The second-order valence-electron chi connectivity index (χ2n) is 5.42. The maximum absolute atomic E-state index is 12.8. The average Bonchev–Trinajstić information content (AvgIpc) is 2.54. The standard InChI is InChI=1S/C17H17F3IN3O/c1-22-15-8-11(6-7-12(15)10-24(2)21)16(25)23-14-5-3-4-13(9-14)17(18,19)20/h3-9,22H,10H2,1-2H3,(H,23,25). The van der Waals surface area contributed by atoms with Crippen LogP contribution < -0.4 is 10.6 Å². The minimum Gasteiger partial charge on any atom is -0.388 e. The Morgan fingerprint density at radius 1 is 1.20 bits per heavy atom. The topological polar surface area (TPSA) is 44.4 Å². The molecule has 0 saturated heterocycles. The minimum absolute atomic E-state index is 0.0990. The number of nitrogens with one attached hydrogen (secondary N) is 2. The molecule has 0 atom stereocenters. The first-order chi connectivity index (χ1) is 11.7. The monoisotopic (exact) mass is 463 g/mol. The maximum Gasteiger partial charge on any atom is 0.416 e. The molecule has 0 radical (unpaired) electrons. The molecule has 0 aliphatic heterocycles. The number of hydrogen-bond acceptors (Lipinski definition) is 3. The zero-order valence-electron chi connectivity index (χ0n) is 13.6. The van der Waals surface area contributed by atoms with Crippen molar-refractivity contribution in [2.24, 2.45) is 0 Å². The van der Waals surface area contributed by atoms with Crippen LogP contribution in [0, 0.1) is 0 Å². The lowest BCUT2D eigenvalue weighted by atomic mass is 10.1. The number of carbonyl (C=O) groups excluding carboxylic acids is 1. The van der Waals surface area contributed by atoms with Gasteiger partial charge in [-0.15, -0.1) is 0 Å². The first-order valence-electron chi connectivity index (χ1n) is 7.37. The quantitative estimate of drug-likeness (QED) is 0.496. The third-order valence-corrected chi connectivity index (χ3v) is 3.82. The molecule has 134 valence electrons. The van der Waals surface area contributed by atoms with Crippen LogP contribution in [0.25, 0.3) is 0 Å². The van der Waals surface area contributed by atoms with E-state index in [1.165, 1.54) is 12.1 Å². The van der Waals surface area contributed by atoms with Gasteiger partial charge in [0.1, 0.15) is 0 Å². The molecule has 2 aromatic rings. The molecule has 0 aliphatic carbocycles. The van der Waals surface area contributed by atoms with Gasteiger partial charge in [-0.05, 0) is 42.9 Å². The highest BCUT2D eigenvalue weighted by Crippen LogP contribution is 2.30. The van der Waals surface area contributed by atoms with E-state index in [0.717, 1.165) is 23.4 Å². The maximum atomic E-state index is 12.8. The van der Waals surface area contributed by atoms with Crippen molar-refractivity contribution < 1.29 is 18.0 Å². The molecule has 0 fully saturated rings. The molecule has 0 bridgehead atoms. The van der Waals surface area contributed by atoms with Gasteiger partial charge in [-0.25, -0.2) is 3.11 Å². The second kappa shape index (κ2) is 8.05. The molecular weight excluding hydrogens is 446 g/mol. The van der Waals surface area contributed by atoms with Crippen molar-refractivity contribution in [3.8, 4) is 0 Å². The summed E-state index contributed by atoms with van der Waals surface area (Å²) in [6.07, 6.45) is -4.45. The summed E-state index contributed by atoms with van der Waals surface area (Å²) in [6.45, 7) is 0.687. The number of amides is 1. The van der Waals surface area contributed by atoms with E-state index >= 15 is 0 Å². The first-order valence-corrected chi connectivity index (χ1v) is 8.33. The number of nitrogens with zero attached hydrogens (tertiary/aromatic N) is 1. The summed E-state index contributed by atoms with van der Waals surface area (Å²) in [6, 6.07) is 9.71. The number of anilines is 2. The number of halogens is 4. The van der Waals surface area contributed by atoms with E-state index in [1.807, 2.05) is 16.2 Å². The zero-order valence-corrected chi connectivity index (χ0v) is 15.8. The molecule has 0 aromatic heterocycles. The fraction of sp³-hybridized carbons (Fsp3) is 0.235. The van der Waals surface area contributed by atoms with Gasteiger partial charge in [0.15, 0.2) is 0 Å². The first kappa shape index (κ1) is 19.5. The molecule has 2 N–H and O–H groups in total. The molecule has 0 aliphatic rings. The van der Waals surface area contributed by atoms with Gasteiger partial charge in [0.05, 0.1) is 5.56 Å². The Labute approximate surface area is 157 Å². The van der Waals surface area contributed by atoms with Crippen LogP contribution in [-0.2, 0) is 12.7 Å². The van der Waals surface area contributed by atoms with E-state index in [0.29, 0.717) is 12.1 Å². The molecule has 0 unspecified atom stereocenters. The molecular formula is C17H17F3IN3O. The van der Waals surface area contributed by atoms with Crippen LogP contribution in [-0.4, -0.2) is 23.1 Å². The van der Waals surface area contributed by atoms with Crippen LogP contribution in [0.2, 0.25) is 0 Å². The van der Waals surface area contributed by atoms with Crippen molar-refractivity contribution in [3.63, 3.8) is 0 Å². The molecule has 8 heteroatoms. The normalized spacial score (nSPS) is 11.5. The molecule has 2 rings (SSSR count). The Hall–Kier alpha value is -1.81. The second-order valence-corrected chi connectivity index (χ2v) is 7.06. The highest BCUT2D eigenvalue weighted by atomic mass is 127. The lowest BCUT2D eigenvalue weighted by Gasteiger charge is -2.14. The predicted molar refractivity (Wildman–Crippen MR) is 101 cm³/mol. The summed E-state index contributed by atoms with van der Waals surface area (Å²) in [7, 11) is 3.68. The van der Waals surface area contributed by atoms with Crippen molar-refractivity contribution in [3.05, 3.63) is 59.2 Å². The van der Waals surface area contributed by atoms with E-state index < -0.39 is 17.6 Å². The van der Waals surface area contributed by atoms with Crippen molar-refractivity contribution >= 4 is 40.1 Å². The summed E-state index contributed by atoms with van der Waals surface area (Å²) in [5.41, 5.74) is 1.46. The van der Waals surface area contributed by atoms with E-state index in [-0.39, 0.29) is 5.69 Å². The lowest BCUT2D eigenvalue weighted by molar-refractivity contribution is -0.137. The average molecular weight is 463 g/mol. The van der Waals surface area contributed by atoms with Gasteiger partial charge in [0.2, 0.25) is 0 Å². The number of alkyl halides is 3. The minimum atomic E-state index is -4.45. The third-order valence-electron chi connectivity index (χ3n) is 3.48. The van der Waals surface area contributed by atoms with E-state index in [4.69, 9.17) is 0 Å². The fourth-order valence-electron chi connectivity index (χ4n) is 2.30. The molecule has 25 heavy (non-hydrogen) atoms. The molecule has 0 heterocycles. The van der Waals surface area contributed by atoms with Crippen molar-refractivity contribution in [1.29, 1.82) is 0 Å². The summed E-state index contributed by atoms with van der Waals surface area (Å²) >= 11 is 2.16. The number of hydrogen-bond donors (Lipinski definition) is 2. The summed E-state index contributed by atoms with van der Waals surface area (Å²) in [4.78, 5) is 12.3. The van der Waals surface area contributed by atoms with Gasteiger partial charge in [-0.3, -0.25) is 4.79 Å².